The van der Waals surface area contributed by atoms with E-state index in [-0.39, 0.29) is 18.3 Å². The molecule has 4 atom stereocenters. The first-order chi connectivity index (χ1) is 12.6. The van der Waals surface area contributed by atoms with Gasteiger partial charge in [0.15, 0.2) is 17.4 Å². The zero-order valence-corrected chi connectivity index (χ0v) is 15.9. The fourth-order valence-corrected chi connectivity index (χ4v) is 4.86. The largest absolute Gasteiger partial charge is 0.483 e. The molecule has 2 aliphatic carbocycles. The summed E-state index contributed by atoms with van der Waals surface area (Å²) in [6.45, 7) is 4.13. The van der Waals surface area contributed by atoms with E-state index in [1.165, 1.54) is 37.8 Å². The van der Waals surface area contributed by atoms with E-state index in [9.17, 15) is 8.78 Å². The molecule has 0 saturated heterocycles. The van der Waals surface area contributed by atoms with Crippen LogP contribution in [0.15, 0.2) is 36.4 Å². The average molecular weight is 360 g/mol. The first kappa shape index (κ1) is 19.1. The van der Waals surface area contributed by atoms with Crippen molar-refractivity contribution in [3.05, 3.63) is 53.6 Å². The summed E-state index contributed by atoms with van der Waals surface area (Å²) in [4.78, 5) is 0. The third-order valence-corrected chi connectivity index (χ3v) is 6.17. The molecule has 3 heteroatoms. The lowest BCUT2D eigenvalue weighted by molar-refractivity contribution is 0.133. The van der Waals surface area contributed by atoms with Crippen molar-refractivity contribution in [1.29, 1.82) is 0 Å². The van der Waals surface area contributed by atoms with Gasteiger partial charge in [-0.05, 0) is 93.7 Å². The van der Waals surface area contributed by atoms with Crippen LogP contribution in [0.5, 0.6) is 5.75 Å². The van der Waals surface area contributed by atoms with Crippen LogP contribution in [0.1, 0.15) is 63.9 Å². The van der Waals surface area contributed by atoms with Gasteiger partial charge in [0.25, 0.3) is 0 Å². The van der Waals surface area contributed by atoms with Crippen molar-refractivity contribution in [2.24, 2.45) is 17.8 Å². The fourth-order valence-electron chi connectivity index (χ4n) is 4.86. The number of halogens is 2. The van der Waals surface area contributed by atoms with Gasteiger partial charge < -0.3 is 4.74 Å². The number of hydrogen-bond acceptors (Lipinski definition) is 1. The quantitative estimate of drug-likeness (QED) is 0.525. The van der Waals surface area contributed by atoms with Gasteiger partial charge in [-0.25, -0.2) is 8.78 Å². The van der Waals surface area contributed by atoms with Gasteiger partial charge in [0.1, 0.15) is 6.61 Å². The molecule has 0 aromatic heterocycles. The maximum Gasteiger partial charge on any atom is 0.191 e. The lowest BCUT2D eigenvalue weighted by atomic mass is 9.64. The minimum atomic E-state index is -0.580. The topological polar surface area (TPSA) is 9.23 Å². The van der Waals surface area contributed by atoms with Crippen LogP contribution in [0.25, 0.3) is 0 Å². The van der Waals surface area contributed by atoms with Crippen LogP contribution >= 0.6 is 0 Å². The van der Waals surface area contributed by atoms with E-state index < -0.39 is 11.6 Å². The first-order valence-corrected chi connectivity index (χ1v) is 9.98. The van der Waals surface area contributed by atoms with E-state index in [2.05, 4.69) is 19.1 Å². The lowest BCUT2D eigenvalue weighted by Gasteiger charge is -2.41. The predicted molar refractivity (Wildman–Crippen MR) is 102 cm³/mol. The molecule has 2 fully saturated rings. The summed E-state index contributed by atoms with van der Waals surface area (Å²) in [5.74, 6) is 1.05. The van der Waals surface area contributed by atoms with Gasteiger partial charge in [-0.1, -0.05) is 24.3 Å². The Morgan fingerprint density at radius 2 is 1.65 bits per heavy atom. The number of benzene rings is 1. The first-order valence-electron chi connectivity index (χ1n) is 9.98. The van der Waals surface area contributed by atoms with Crippen molar-refractivity contribution >= 4 is 0 Å². The fraction of sp³-hybridized carbons (Fsp3) is 0.565. The molecule has 26 heavy (non-hydrogen) atoms. The number of ether oxygens (including phenoxy) is 1. The third kappa shape index (κ3) is 4.36. The average Bonchev–Trinajstić information content (AvgIpc) is 2.63. The summed E-state index contributed by atoms with van der Waals surface area (Å²) < 4.78 is 34.0. The molecule has 1 nitrogen and oxygen atoms in total. The minimum Gasteiger partial charge on any atom is -0.483 e. The SMILES string of the molecule is CC=C[C@@H]1CC[C@@H]2CC(c3cc(F)c(OC/C=C/C)c(F)c3)CC[C@@H]2C1. The molecule has 2 saturated carbocycles. The van der Waals surface area contributed by atoms with E-state index in [0.29, 0.717) is 5.92 Å². The second-order valence-corrected chi connectivity index (χ2v) is 7.82. The maximum absolute atomic E-state index is 14.4. The molecule has 0 N–H and O–H groups in total. The number of allylic oxidation sites excluding steroid dienone is 3. The van der Waals surface area contributed by atoms with Crippen LogP contribution in [-0.2, 0) is 0 Å². The monoisotopic (exact) mass is 360 g/mol. The summed E-state index contributed by atoms with van der Waals surface area (Å²) in [5, 5.41) is 0. The van der Waals surface area contributed by atoms with Gasteiger partial charge >= 0.3 is 0 Å². The molecule has 2 aliphatic rings. The van der Waals surface area contributed by atoms with Gasteiger partial charge in [0, 0.05) is 0 Å². The van der Waals surface area contributed by atoms with E-state index in [1.807, 2.05) is 6.92 Å². The van der Waals surface area contributed by atoms with Crippen LogP contribution in [0, 0.1) is 29.4 Å². The van der Waals surface area contributed by atoms with Gasteiger partial charge in [-0.3, -0.25) is 0 Å². The molecule has 1 unspecified atom stereocenters. The summed E-state index contributed by atoms with van der Waals surface area (Å²) >= 11 is 0. The van der Waals surface area contributed by atoms with Crippen molar-refractivity contribution in [1.82, 2.24) is 0 Å². The van der Waals surface area contributed by atoms with Crippen molar-refractivity contribution in [3.8, 4) is 5.75 Å². The van der Waals surface area contributed by atoms with Crippen LogP contribution in [-0.4, -0.2) is 6.61 Å². The highest BCUT2D eigenvalue weighted by atomic mass is 19.1. The molecular formula is C23H30F2O. The van der Waals surface area contributed by atoms with Crippen molar-refractivity contribution in [3.63, 3.8) is 0 Å². The Balaban J connectivity index is 1.67. The van der Waals surface area contributed by atoms with Crippen LogP contribution in [0.3, 0.4) is 0 Å². The Hall–Kier alpha value is -1.64. The Morgan fingerprint density at radius 3 is 2.35 bits per heavy atom. The standard InChI is InChI=1S/C23H30F2O/c1-3-5-11-26-23-21(24)14-20(15-22(23)25)19-10-9-17-12-16(6-4-2)7-8-18(17)13-19/h3-6,14-19H,7-13H2,1-2H3/b5-3+,6-4?/t16-,17-,18-,19?/m1/s1. The molecule has 0 aliphatic heterocycles. The molecule has 0 bridgehead atoms. The number of fused-ring (bicyclic) bond motifs is 1. The zero-order valence-electron chi connectivity index (χ0n) is 15.9. The Labute approximate surface area is 156 Å². The predicted octanol–water partition coefficient (Wildman–Crippen LogP) is 6.80. The third-order valence-electron chi connectivity index (χ3n) is 6.17. The molecule has 0 amide bonds. The second-order valence-electron chi connectivity index (χ2n) is 7.82. The van der Waals surface area contributed by atoms with E-state index in [4.69, 9.17) is 4.74 Å². The van der Waals surface area contributed by atoms with Crippen LogP contribution < -0.4 is 4.74 Å². The molecule has 1 aromatic rings. The van der Waals surface area contributed by atoms with Crippen molar-refractivity contribution < 1.29 is 13.5 Å². The van der Waals surface area contributed by atoms with E-state index in [0.717, 1.165) is 30.2 Å². The smallest absolute Gasteiger partial charge is 0.191 e. The van der Waals surface area contributed by atoms with Crippen molar-refractivity contribution in [2.45, 2.75) is 58.3 Å². The zero-order chi connectivity index (χ0) is 18.5. The highest BCUT2D eigenvalue weighted by Gasteiger charge is 2.35. The van der Waals surface area contributed by atoms with Gasteiger partial charge in [-0.15, -0.1) is 0 Å². The maximum atomic E-state index is 14.4. The summed E-state index contributed by atoms with van der Waals surface area (Å²) in [6.07, 6.45) is 15.1. The Morgan fingerprint density at radius 1 is 0.962 bits per heavy atom. The van der Waals surface area contributed by atoms with Gasteiger partial charge in [0.2, 0.25) is 0 Å². The second kappa shape index (κ2) is 8.83. The molecule has 1 aromatic carbocycles. The van der Waals surface area contributed by atoms with E-state index in [1.54, 1.807) is 12.2 Å². The molecule has 0 heterocycles. The summed E-state index contributed by atoms with van der Waals surface area (Å²) in [7, 11) is 0. The normalized spacial score (nSPS) is 29.2. The molecule has 142 valence electrons. The Kier molecular flexibility index (Phi) is 6.50. The van der Waals surface area contributed by atoms with Gasteiger partial charge in [-0.2, -0.15) is 0 Å². The number of hydrogen-bond donors (Lipinski definition) is 0. The highest BCUT2D eigenvalue weighted by Crippen LogP contribution is 2.48. The molecular weight excluding hydrogens is 330 g/mol. The molecule has 0 radical (unpaired) electrons. The highest BCUT2D eigenvalue weighted by molar-refractivity contribution is 5.33. The minimum absolute atomic E-state index is 0.185. The summed E-state index contributed by atoms with van der Waals surface area (Å²) in [5.41, 5.74) is 0.799. The summed E-state index contributed by atoms with van der Waals surface area (Å²) in [6, 6.07) is 2.98. The van der Waals surface area contributed by atoms with Gasteiger partial charge in [0.05, 0.1) is 0 Å². The molecule has 3 rings (SSSR count). The van der Waals surface area contributed by atoms with Crippen molar-refractivity contribution in [2.75, 3.05) is 6.61 Å². The molecule has 0 spiro atoms. The Bertz CT molecular complexity index is 641. The van der Waals surface area contributed by atoms with Crippen LogP contribution in [0.2, 0.25) is 0 Å². The van der Waals surface area contributed by atoms with Crippen LogP contribution in [0.4, 0.5) is 8.78 Å². The van der Waals surface area contributed by atoms with E-state index >= 15 is 0 Å². The number of rotatable bonds is 5. The lowest BCUT2D eigenvalue weighted by Crippen LogP contribution is -2.30.